The molecule has 0 bridgehead atoms. The van der Waals surface area contributed by atoms with Gasteiger partial charge in [-0.2, -0.15) is 25.4 Å². The summed E-state index contributed by atoms with van der Waals surface area (Å²) in [4.78, 5) is 11.3. The Bertz CT molecular complexity index is 890. The summed E-state index contributed by atoms with van der Waals surface area (Å²) in [5, 5.41) is 0. The van der Waals surface area contributed by atoms with Gasteiger partial charge < -0.3 is 13.1 Å². The van der Waals surface area contributed by atoms with Gasteiger partial charge in [-0.25, -0.2) is 4.79 Å². The number of benzene rings is 1. The second-order valence-corrected chi connectivity index (χ2v) is 8.71. The molecule has 0 atom stereocenters. The maximum absolute atomic E-state index is 11.9. The lowest BCUT2D eigenvalue weighted by atomic mass is 10.2. The largest absolute Gasteiger partial charge is 0.466 e. The number of nitrogens with zero attached hydrogens (tertiary/aromatic N) is 2. The van der Waals surface area contributed by atoms with Crippen LogP contribution in [-0.4, -0.2) is 66.7 Å². The summed E-state index contributed by atoms with van der Waals surface area (Å²) in [7, 11) is -1.78. The monoisotopic (exact) mass is 408 g/mol. The summed E-state index contributed by atoms with van der Waals surface area (Å²) in [6.45, 7) is 0. The first-order chi connectivity index (χ1) is 11.9. The number of rotatable bonds is 8. The van der Waals surface area contributed by atoms with Crippen LogP contribution in [-0.2, 0) is 30.1 Å². The van der Waals surface area contributed by atoms with E-state index in [1.807, 2.05) is 0 Å². The van der Waals surface area contributed by atoms with Gasteiger partial charge in [-0.05, 0) is 24.3 Å². The van der Waals surface area contributed by atoms with E-state index in [1.54, 1.807) is 0 Å². The standard InChI is InChI=1S/C14H20N2O8S2/c1-15(2)25(18,19)23-12-7-8-13(24-26(20,21)16(3)4)11(10-12)6-9-14(17)22-5/h6-10H,1-5H3/b9-6+. The van der Waals surface area contributed by atoms with E-state index >= 15 is 0 Å². The molecular weight excluding hydrogens is 388 g/mol. The molecule has 26 heavy (non-hydrogen) atoms. The Hall–Kier alpha value is -2.15. The van der Waals surface area contributed by atoms with Crippen molar-refractivity contribution in [1.29, 1.82) is 0 Å². The molecule has 1 aromatic carbocycles. The smallest absolute Gasteiger partial charge is 0.384 e. The summed E-state index contributed by atoms with van der Waals surface area (Å²) >= 11 is 0. The quantitative estimate of drug-likeness (QED) is 0.443. The Kier molecular flexibility index (Phi) is 7.15. The van der Waals surface area contributed by atoms with Crippen molar-refractivity contribution < 1.29 is 34.7 Å². The maximum atomic E-state index is 11.9. The molecule has 0 aromatic heterocycles. The first-order valence-electron chi connectivity index (χ1n) is 7.03. The Morgan fingerprint density at radius 2 is 1.50 bits per heavy atom. The van der Waals surface area contributed by atoms with E-state index in [9.17, 15) is 21.6 Å². The van der Waals surface area contributed by atoms with Crippen LogP contribution in [0.25, 0.3) is 6.08 Å². The summed E-state index contributed by atoms with van der Waals surface area (Å²) < 4.78 is 63.5. The molecule has 0 heterocycles. The van der Waals surface area contributed by atoms with Crippen LogP contribution >= 0.6 is 0 Å². The van der Waals surface area contributed by atoms with Gasteiger partial charge in [0.25, 0.3) is 0 Å². The minimum Gasteiger partial charge on any atom is -0.466 e. The highest BCUT2D eigenvalue weighted by Gasteiger charge is 2.20. The van der Waals surface area contributed by atoms with Gasteiger partial charge in [0, 0.05) is 39.8 Å². The van der Waals surface area contributed by atoms with Crippen LogP contribution in [0.1, 0.15) is 5.56 Å². The fourth-order valence-electron chi connectivity index (χ4n) is 1.39. The van der Waals surface area contributed by atoms with Crippen molar-refractivity contribution in [2.75, 3.05) is 35.3 Å². The zero-order valence-corrected chi connectivity index (χ0v) is 16.5. The van der Waals surface area contributed by atoms with Crippen molar-refractivity contribution in [3.63, 3.8) is 0 Å². The molecule has 0 aliphatic rings. The fraction of sp³-hybridized carbons (Fsp3) is 0.357. The predicted octanol–water partition coefficient (Wildman–Crippen LogP) is 0.243. The second kappa shape index (κ2) is 8.49. The molecule has 0 aliphatic carbocycles. The highest BCUT2D eigenvalue weighted by molar-refractivity contribution is 7.84. The highest BCUT2D eigenvalue weighted by atomic mass is 32.2. The third-order valence-corrected chi connectivity index (χ3v) is 5.45. The van der Waals surface area contributed by atoms with Gasteiger partial charge in [0.15, 0.2) is 5.75 Å². The Balaban J connectivity index is 3.34. The number of esters is 1. The lowest BCUT2D eigenvalue weighted by Crippen LogP contribution is -2.27. The Labute approximate surface area is 153 Å². The van der Waals surface area contributed by atoms with E-state index in [2.05, 4.69) is 4.74 Å². The molecule has 0 aliphatic heterocycles. The Morgan fingerprint density at radius 3 is 2.00 bits per heavy atom. The van der Waals surface area contributed by atoms with Crippen LogP contribution in [0.2, 0.25) is 0 Å². The van der Waals surface area contributed by atoms with Crippen LogP contribution in [0.5, 0.6) is 11.5 Å². The van der Waals surface area contributed by atoms with Gasteiger partial charge in [-0.1, -0.05) is 0 Å². The molecular formula is C14H20N2O8S2. The summed E-state index contributed by atoms with van der Waals surface area (Å²) in [6.07, 6.45) is 2.23. The molecule has 12 heteroatoms. The zero-order chi connectivity index (χ0) is 20.1. The summed E-state index contributed by atoms with van der Waals surface area (Å²) in [6, 6.07) is 3.64. The molecule has 0 N–H and O–H groups in total. The molecule has 0 saturated heterocycles. The number of methoxy groups -OCH3 is 1. The minimum absolute atomic E-state index is 0.0901. The molecule has 1 aromatic rings. The molecule has 0 radical (unpaired) electrons. The van der Waals surface area contributed by atoms with Gasteiger partial charge in [0.2, 0.25) is 0 Å². The van der Waals surface area contributed by atoms with E-state index in [0.29, 0.717) is 0 Å². The molecule has 146 valence electrons. The van der Waals surface area contributed by atoms with Gasteiger partial charge in [-0.15, -0.1) is 0 Å². The van der Waals surface area contributed by atoms with Crippen molar-refractivity contribution in [3.8, 4) is 11.5 Å². The van der Waals surface area contributed by atoms with E-state index in [-0.39, 0.29) is 17.1 Å². The van der Waals surface area contributed by atoms with Crippen molar-refractivity contribution in [2.45, 2.75) is 0 Å². The summed E-state index contributed by atoms with van der Waals surface area (Å²) in [5.41, 5.74) is 0.0901. The van der Waals surface area contributed by atoms with Gasteiger partial charge >= 0.3 is 26.6 Å². The first-order valence-corrected chi connectivity index (χ1v) is 9.76. The van der Waals surface area contributed by atoms with Gasteiger partial charge in [0.1, 0.15) is 5.75 Å². The molecule has 0 saturated carbocycles. The number of ether oxygens (including phenoxy) is 1. The molecule has 1 rings (SSSR count). The molecule has 0 fully saturated rings. The highest BCUT2D eigenvalue weighted by Crippen LogP contribution is 2.28. The normalized spacial score (nSPS) is 12.6. The predicted molar refractivity (Wildman–Crippen MR) is 94.0 cm³/mol. The van der Waals surface area contributed by atoms with Crippen LogP contribution in [0.4, 0.5) is 0 Å². The third kappa shape index (κ3) is 5.98. The number of carbonyl (C=O) groups is 1. The van der Waals surface area contributed by atoms with Crippen LogP contribution < -0.4 is 8.37 Å². The van der Waals surface area contributed by atoms with Crippen molar-refractivity contribution in [2.24, 2.45) is 0 Å². The van der Waals surface area contributed by atoms with E-state index in [1.165, 1.54) is 59.6 Å². The maximum Gasteiger partial charge on any atom is 0.384 e. The van der Waals surface area contributed by atoms with Gasteiger partial charge in [-0.3, -0.25) is 0 Å². The van der Waals surface area contributed by atoms with Crippen LogP contribution in [0, 0.1) is 0 Å². The third-order valence-electron chi connectivity index (χ3n) is 2.87. The Morgan fingerprint density at radius 1 is 0.962 bits per heavy atom. The zero-order valence-electron chi connectivity index (χ0n) is 14.9. The summed E-state index contributed by atoms with van der Waals surface area (Å²) in [5.74, 6) is -0.926. The molecule has 0 amide bonds. The van der Waals surface area contributed by atoms with Crippen molar-refractivity contribution in [3.05, 3.63) is 29.8 Å². The number of hydrogen-bond acceptors (Lipinski definition) is 8. The van der Waals surface area contributed by atoms with E-state index in [4.69, 9.17) is 8.37 Å². The van der Waals surface area contributed by atoms with Gasteiger partial charge in [0.05, 0.1) is 7.11 Å². The molecule has 0 unspecified atom stereocenters. The second-order valence-electron chi connectivity index (χ2n) is 5.20. The SMILES string of the molecule is COC(=O)/C=C/c1cc(OS(=O)(=O)N(C)C)ccc1OS(=O)(=O)N(C)C. The molecule has 0 spiro atoms. The average molecular weight is 408 g/mol. The lowest BCUT2D eigenvalue weighted by Gasteiger charge is -2.15. The lowest BCUT2D eigenvalue weighted by molar-refractivity contribution is -0.134. The number of carbonyl (C=O) groups excluding carboxylic acids is 1. The van der Waals surface area contributed by atoms with Crippen molar-refractivity contribution in [1.82, 2.24) is 8.61 Å². The fourth-order valence-corrected chi connectivity index (χ4v) is 2.42. The molecule has 10 nitrogen and oxygen atoms in total. The topological polar surface area (TPSA) is 120 Å². The van der Waals surface area contributed by atoms with E-state index in [0.717, 1.165) is 14.7 Å². The van der Waals surface area contributed by atoms with Crippen LogP contribution in [0.3, 0.4) is 0 Å². The number of hydrogen-bond donors (Lipinski definition) is 0. The average Bonchev–Trinajstić information content (AvgIpc) is 2.53. The van der Waals surface area contributed by atoms with Crippen molar-refractivity contribution >= 4 is 32.7 Å². The van der Waals surface area contributed by atoms with E-state index < -0.39 is 26.6 Å². The first kappa shape index (κ1) is 21.9. The van der Waals surface area contributed by atoms with Crippen LogP contribution in [0.15, 0.2) is 24.3 Å². The minimum atomic E-state index is -4.06.